The fraction of sp³-hybridized carbons (Fsp3) is 0.174. The third kappa shape index (κ3) is 2.37. The average molecular weight is 328 g/mol. The van der Waals surface area contributed by atoms with Crippen LogP contribution in [0.4, 0.5) is 5.69 Å². The molecule has 124 valence electrons. The minimum absolute atomic E-state index is 0.0674. The number of aromatic hydroxyl groups is 1. The van der Waals surface area contributed by atoms with E-state index in [1.54, 1.807) is 6.07 Å². The molecular formula is C23H22NO+. The lowest BCUT2D eigenvalue weighted by Crippen LogP contribution is -2.26. The minimum atomic E-state index is -0.0674. The molecule has 4 rings (SSSR count). The number of hydrogen-bond donors (Lipinski definition) is 1. The zero-order chi connectivity index (χ0) is 17.6. The number of benzene rings is 3. The Morgan fingerprint density at radius 1 is 0.880 bits per heavy atom. The van der Waals surface area contributed by atoms with Crippen molar-refractivity contribution in [3.8, 4) is 5.75 Å². The fourth-order valence-corrected chi connectivity index (χ4v) is 3.92. The molecule has 0 amide bonds. The van der Waals surface area contributed by atoms with Crippen LogP contribution in [0, 0.1) is 0 Å². The van der Waals surface area contributed by atoms with Crippen LogP contribution in [0.3, 0.4) is 0 Å². The average Bonchev–Trinajstić information content (AvgIpc) is 2.81. The highest BCUT2D eigenvalue weighted by Gasteiger charge is 2.42. The summed E-state index contributed by atoms with van der Waals surface area (Å²) in [5.74, 6) is 0.312. The van der Waals surface area contributed by atoms with Gasteiger partial charge in [0.1, 0.15) is 12.8 Å². The van der Waals surface area contributed by atoms with Crippen LogP contribution >= 0.6 is 0 Å². The van der Waals surface area contributed by atoms with Crippen molar-refractivity contribution >= 4 is 28.2 Å². The van der Waals surface area contributed by atoms with Gasteiger partial charge in [0.25, 0.3) is 0 Å². The first kappa shape index (κ1) is 15.6. The Labute approximate surface area is 148 Å². The SMILES string of the molecule is C[N+]1=C(C=Cc2c(O)ccc3ccccc23)C(C)(C)c2ccccc21. The zero-order valence-corrected chi connectivity index (χ0v) is 14.8. The van der Waals surface area contributed by atoms with E-state index in [0.29, 0.717) is 5.75 Å². The summed E-state index contributed by atoms with van der Waals surface area (Å²) in [6.45, 7) is 4.50. The molecule has 1 aliphatic rings. The molecule has 25 heavy (non-hydrogen) atoms. The van der Waals surface area contributed by atoms with Gasteiger partial charge in [0.15, 0.2) is 5.71 Å². The Morgan fingerprint density at radius 3 is 2.40 bits per heavy atom. The highest BCUT2D eigenvalue weighted by molar-refractivity contribution is 6.06. The van der Waals surface area contributed by atoms with Crippen molar-refractivity contribution in [1.82, 2.24) is 0 Å². The van der Waals surface area contributed by atoms with E-state index in [1.165, 1.54) is 17.0 Å². The van der Waals surface area contributed by atoms with Crippen LogP contribution in [0.15, 0.2) is 66.7 Å². The third-order valence-corrected chi connectivity index (χ3v) is 5.30. The minimum Gasteiger partial charge on any atom is -0.507 e. The first-order chi connectivity index (χ1) is 12.0. The maximum absolute atomic E-state index is 10.4. The van der Waals surface area contributed by atoms with E-state index in [0.717, 1.165) is 16.3 Å². The van der Waals surface area contributed by atoms with E-state index < -0.39 is 0 Å². The first-order valence-electron chi connectivity index (χ1n) is 8.59. The molecule has 0 aromatic heterocycles. The van der Waals surface area contributed by atoms with Gasteiger partial charge in [-0.05, 0) is 36.8 Å². The number of allylic oxidation sites excluding steroid dienone is 1. The van der Waals surface area contributed by atoms with Crippen molar-refractivity contribution in [2.75, 3.05) is 7.05 Å². The lowest BCUT2D eigenvalue weighted by Gasteiger charge is -2.15. The van der Waals surface area contributed by atoms with Crippen LogP contribution < -0.4 is 0 Å². The highest BCUT2D eigenvalue weighted by atomic mass is 16.3. The zero-order valence-electron chi connectivity index (χ0n) is 14.8. The number of fused-ring (bicyclic) bond motifs is 2. The van der Waals surface area contributed by atoms with Gasteiger partial charge in [-0.25, -0.2) is 0 Å². The Hall–Kier alpha value is -2.87. The number of nitrogens with zero attached hydrogens (tertiary/aromatic N) is 1. The third-order valence-electron chi connectivity index (χ3n) is 5.30. The van der Waals surface area contributed by atoms with Gasteiger partial charge in [0.05, 0.1) is 5.41 Å². The Kier molecular flexibility index (Phi) is 3.50. The second-order valence-electron chi connectivity index (χ2n) is 7.14. The number of para-hydroxylation sites is 1. The van der Waals surface area contributed by atoms with Gasteiger partial charge in [-0.1, -0.05) is 48.5 Å². The molecule has 3 aromatic rings. The van der Waals surface area contributed by atoms with E-state index in [2.05, 4.69) is 67.9 Å². The molecule has 3 aromatic carbocycles. The molecule has 1 N–H and O–H groups in total. The van der Waals surface area contributed by atoms with Crippen LogP contribution in [-0.4, -0.2) is 22.4 Å². The normalized spacial score (nSPS) is 16.0. The summed E-state index contributed by atoms with van der Waals surface area (Å²) in [6.07, 6.45) is 4.18. The number of phenolic OH excluding ortho intramolecular Hbond substituents is 1. The molecule has 0 spiro atoms. The van der Waals surface area contributed by atoms with Crippen molar-refractivity contribution in [3.63, 3.8) is 0 Å². The second-order valence-corrected chi connectivity index (χ2v) is 7.14. The summed E-state index contributed by atoms with van der Waals surface area (Å²) >= 11 is 0. The molecular weight excluding hydrogens is 306 g/mol. The maximum Gasteiger partial charge on any atom is 0.209 e. The molecule has 2 heteroatoms. The Balaban J connectivity index is 1.84. The number of hydrogen-bond acceptors (Lipinski definition) is 1. The van der Waals surface area contributed by atoms with E-state index in [1.807, 2.05) is 24.3 Å². The molecule has 0 bridgehead atoms. The number of phenols is 1. The van der Waals surface area contributed by atoms with Crippen molar-refractivity contribution < 1.29 is 9.68 Å². The predicted molar refractivity (Wildman–Crippen MR) is 105 cm³/mol. The summed E-state index contributed by atoms with van der Waals surface area (Å²) in [4.78, 5) is 0. The molecule has 0 atom stereocenters. The standard InChI is InChI=1S/C23H21NO/c1-23(2)19-10-6-7-11-20(19)24(3)22(23)15-13-18-17-9-5-4-8-16(17)12-14-21(18)25/h4-15H,1-3H3/p+1. The lowest BCUT2D eigenvalue weighted by atomic mass is 9.81. The highest BCUT2D eigenvalue weighted by Crippen LogP contribution is 2.39. The largest absolute Gasteiger partial charge is 0.507 e. The van der Waals surface area contributed by atoms with Gasteiger partial charge in [0, 0.05) is 23.3 Å². The molecule has 0 fully saturated rings. The smallest absolute Gasteiger partial charge is 0.209 e. The van der Waals surface area contributed by atoms with Gasteiger partial charge in [-0.3, -0.25) is 0 Å². The maximum atomic E-state index is 10.4. The molecule has 0 saturated heterocycles. The van der Waals surface area contributed by atoms with E-state index in [-0.39, 0.29) is 5.41 Å². The van der Waals surface area contributed by atoms with Crippen LogP contribution in [0.1, 0.15) is 25.0 Å². The summed E-state index contributed by atoms with van der Waals surface area (Å²) in [5.41, 5.74) is 4.60. The van der Waals surface area contributed by atoms with Crippen molar-refractivity contribution in [3.05, 3.63) is 77.9 Å². The summed E-state index contributed by atoms with van der Waals surface area (Å²) in [5, 5.41) is 12.6. The van der Waals surface area contributed by atoms with Gasteiger partial charge < -0.3 is 5.11 Å². The Morgan fingerprint density at radius 2 is 1.60 bits per heavy atom. The number of rotatable bonds is 2. The molecule has 0 radical (unpaired) electrons. The summed E-state index contributed by atoms with van der Waals surface area (Å²) < 4.78 is 2.24. The molecule has 0 unspecified atom stereocenters. The van der Waals surface area contributed by atoms with Crippen molar-refractivity contribution in [2.24, 2.45) is 0 Å². The quantitative estimate of drug-likeness (QED) is 0.637. The molecule has 1 heterocycles. The van der Waals surface area contributed by atoms with Crippen molar-refractivity contribution in [1.29, 1.82) is 0 Å². The van der Waals surface area contributed by atoms with E-state index in [9.17, 15) is 5.11 Å². The van der Waals surface area contributed by atoms with Gasteiger partial charge in [-0.15, -0.1) is 0 Å². The topological polar surface area (TPSA) is 23.2 Å². The van der Waals surface area contributed by atoms with E-state index in [4.69, 9.17) is 0 Å². The molecule has 0 aliphatic carbocycles. The van der Waals surface area contributed by atoms with E-state index >= 15 is 0 Å². The Bertz CT molecular complexity index is 1040. The monoisotopic (exact) mass is 328 g/mol. The second kappa shape index (κ2) is 5.59. The lowest BCUT2D eigenvalue weighted by molar-refractivity contribution is -0.401. The van der Waals surface area contributed by atoms with Crippen molar-refractivity contribution in [2.45, 2.75) is 19.3 Å². The van der Waals surface area contributed by atoms with Gasteiger partial charge >= 0.3 is 0 Å². The van der Waals surface area contributed by atoms with Crippen LogP contribution in [0.2, 0.25) is 0 Å². The summed E-state index contributed by atoms with van der Waals surface area (Å²) in [7, 11) is 2.11. The van der Waals surface area contributed by atoms with Crippen LogP contribution in [0.5, 0.6) is 5.75 Å². The fourth-order valence-electron chi connectivity index (χ4n) is 3.92. The summed E-state index contributed by atoms with van der Waals surface area (Å²) in [6, 6.07) is 20.4. The molecule has 2 nitrogen and oxygen atoms in total. The predicted octanol–water partition coefficient (Wildman–Crippen LogP) is 5.26. The van der Waals surface area contributed by atoms with Gasteiger partial charge in [0.2, 0.25) is 5.69 Å². The van der Waals surface area contributed by atoms with Gasteiger partial charge in [-0.2, -0.15) is 4.58 Å². The molecule has 0 saturated carbocycles. The van der Waals surface area contributed by atoms with Crippen LogP contribution in [-0.2, 0) is 5.41 Å². The first-order valence-corrected chi connectivity index (χ1v) is 8.59. The molecule has 1 aliphatic heterocycles. The van der Waals surface area contributed by atoms with Crippen LogP contribution in [0.25, 0.3) is 16.8 Å².